The molecule has 0 fully saturated rings. The highest BCUT2D eigenvalue weighted by Crippen LogP contribution is 2.13. The van der Waals surface area contributed by atoms with E-state index in [9.17, 15) is 0 Å². The van der Waals surface area contributed by atoms with E-state index in [0.29, 0.717) is 6.54 Å². The molecule has 0 aliphatic heterocycles. The third kappa shape index (κ3) is 2.33. The van der Waals surface area contributed by atoms with Crippen molar-refractivity contribution < 1.29 is 0 Å². The number of aromatic nitrogens is 3. The Bertz CT molecular complexity index is 407. The third-order valence-corrected chi connectivity index (χ3v) is 3.75. The van der Waals surface area contributed by atoms with E-state index < -0.39 is 0 Å². The minimum atomic E-state index is 0.711. The van der Waals surface area contributed by atoms with Crippen molar-refractivity contribution in [1.82, 2.24) is 15.0 Å². The molecule has 14 heavy (non-hydrogen) atoms. The number of rotatable bonds is 2. The zero-order chi connectivity index (χ0) is 9.97. The van der Waals surface area contributed by atoms with Crippen molar-refractivity contribution in [3.05, 3.63) is 44.2 Å². The number of hydrogen-bond donors (Lipinski definition) is 0. The molecule has 0 spiro atoms. The fraction of sp³-hybridized carbons (Fsp3) is 0.111. The van der Waals surface area contributed by atoms with Gasteiger partial charge in [-0.25, -0.2) is 0 Å². The van der Waals surface area contributed by atoms with Gasteiger partial charge in [-0.1, -0.05) is 30.3 Å². The standard InChI is InChI=1S/C9H7BrIN3/c10-8-9(11)13-14(12-8)6-7-4-2-1-3-5-7/h1-5H,6H2. The maximum absolute atomic E-state index is 4.25. The zero-order valence-electron chi connectivity index (χ0n) is 7.19. The first kappa shape index (κ1) is 10.1. The second-order valence-electron chi connectivity index (χ2n) is 2.80. The Kier molecular flexibility index (Phi) is 3.17. The molecule has 0 radical (unpaired) electrons. The Morgan fingerprint density at radius 3 is 2.50 bits per heavy atom. The van der Waals surface area contributed by atoms with E-state index in [1.54, 1.807) is 4.80 Å². The molecule has 72 valence electrons. The molecule has 1 heterocycles. The van der Waals surface area contributed by atoms with E-state index in [-0.39, 0.29) is 0 Å². The Hall–Kier alpha value is -0.430. The summed E-state index contributed by atoms with van der Waals surface area (Å²) in [7, 11) is 0. The van der Waals surface area contributed by atoms with Gasteiger partial charge in [0.25, 0.3) is 0 Å². The molecular weight excluding hydrogens is 357 g/mol. The van der Waals surface area contributed by atoms with Crippen LogP contribution in [0, 0.1) is 3.70 Å². The molecule has 2 aromatic rings. The molecule has 0 N–H and O–H groups in total. The van der Waals surface area contributed by atoms with E-state index >= 15 is 0 Å². The number of nitrogens with zero attached hydrogens (tertiary/aromatic N) is 3. The Morgan fingerprint density at radius 2 is 1.93 bits per heavy atom. The van der Waals surface area contributed by atoms with Crippen LogP contribution in [0.15, 0.2) is 34.9 Å². The van der Waals surface area contributed by atoms with E-state index in [0.717, 1.165) is 8.30 Å². The lowest BCUT2D eigenvalue weighted by molar-refractivity contribution is 0.586. The molecule has 1 aromatic heterocycles. The van der Waals surface area contributed by atoms with E-state index in [1.807, 2.05) is 18.2 Å². The Balaban J connectivity index is 2.19. The molecule has 0 aliphatic rings. The van der Waals surface area contributed by atoms with Crippen molar-refractivity contribution in [2.75, 3.05) is 0 Å². The quantitative estimate of drug-likeness (QED) is 0.768. The summed E-state index contributed by atoms with van der Waals surface area (Å²) in [6.07, 6.45) is 0. The summed E-state index contributed by atoms with van der Waals surface area (Å²) < 4.78 is 1.69. The van der Waals surface area contributed by atoms with Gasteiger partial charge in [0.05, 0.1) is 6.54 Å². The first-order valence-corrected chi connectivity index (χ1v) is 5.93. The van der Waals surface area contributed by atoms with Crippen LogP contribution in [0.3, 0.4) is 0 Å². The zero-order valence-corrected chi connectivity index (χ0v) is 10.9. The molecule has 0 aliphatic carbocycles. The lowest BCUT2D eigenvalue weighted by Gasteiger charge is -1.98. The summed E-state index contributed by atoms with van der Waals surface area (Å²) in [5.41, 5.74) is 1.20. The van der Waals surface area contributed by atoms with Crippen LogP contribution in [-0.4, -0.2) is 15.0 Å². The van der Waals surface area contributed by atoms with Crippen molar-refractivity contribution >= 4 is 38.5 Å². The van der Waals surface area contributed by atoms with Crippen LogP contribution in [-0.2, 0) is 6.54 Å². The van der Waals surface area contributed by atoms with E-state index in [2.05, 4.69) is 60.9 Å². The first-order valence-electron chi connectivity index (χ1n) is 4.06. The van der Waals surface area contributed by atoms with Gasteiger partial charge < -0.3 is 0 Å². The molecule has 0 amide bonds. The monoisotopic (exact) mass is 363 g/mol. The van der Waals surface area contributed by atoms with Gasteiger partial charge in [0.15, 0.2) is 8.30 Å². The van der Waals surface area contributed by atoms with Crippen molar-refractivity contribution in [2.24, 2.45) is 0 Å². The second-order valence-corrected chi connectivity index (χ2v) is 4.57. The van der Waals surface area contributed by atoms with Crippen molar-refractivity contribution in [3.8, 4) is 0 Å². The van der Waals surface area contributed by atoms with Crippen molar-refractivity contribution in [2.45, 2.75) is 6.54 Å². The number of halogens is 2. The molecule has 0 bridgehead atoms. The molecule has 2 rings (SSSR count). The highest BCUT2D eigenvalue weighted by Gasteiger charge is 2.04. The fourth-order valence-corrected chi connectivity index (χ4v) is 1.74. The summed E-state index contributed by atoms with van der Waals surface area (Å²) in [5.74, 6) is 0. The molecule has 5 heteroatoms. The smallest absolute Gasteiger partial charge is 0.161 e. The van der Waals surface area contributed by atoms with Crippen molar-refractivity contribution in [3.63, 3.8) is 0 Å². The molecule has 0 atom stereocenters. The van der Waals surface area contributed by atoms with Gasteiger partial charge in [0, 0.05) is 0 Å². The van der Waals surface area contributed by atoms with Gasteiger partial charge in [0.1, 0.15) is 0 Å². The predicted molar refractivity (Wildman–Crippen MR) is 66.0 cm³/mol. The largest absolute Gasteiger partial charge is 0.178 e. The normalized spacial score (nSPS) is 10.4. The molecule has 0 saturated carbocycles. The van der Waals surface area contributed by atoms with Crippen LogP contribution < -0.4 is 0 Å². The van der Waals surface area contributed by atoms with Crippen LogP contribution in [0.5, 0.6) is 0 Å². The number of hydrogen-bond acceptors (Lipinski definition) is 2. The van der Waals surface area contributed by atoms with Gasteiger partial charge >= 0.3 is 0 Å². The minimum Gasteiger partial charge on any atom is -0.178 e. The maximum atomic E-state index is 4.25. The molecule has 3 nitrogen and oxygen atoms in total. The topological polar surface area (TPSA) is 30.7 Å². The van der Waals surface area contributed by atoms with Gasteiger partial charge in [-0.3, -0.25) is 0 Å². The van der Waals surface area contributed by atoms with Crippen LogP contribution in [0.4, 0.5) is 0 Å². The van der Waals surface area contributed by atoms with Crippen LogP contribution in [0.25, 0.3) is 0 Å². The van der Waals surface area contributed by atoms with E-state index in [1.165, 1.54) is 5.56 Å². The fourth-order valence-electron chi connectivity index (χ4n) is 1.12. The minimum absolute atomic E-state index is 0.711. The summed E-state index contributed by atoms with van der Waals surface area (Å²) in [6.45, 7) is 0.711. The Labute approximate surface area is 104 Å². The maximum Gasteiger partial charge on any atom is 0.161 e. The van der Waals surface area contributed by atoms with E-state index in [4.69, 9.17) is 0 Å². The molecular formula is C9H7BrIN3. The number of benzene rings is 1. The summed E-state index contributed by atoms with van der Waals surface area (Å²) in [4.78, 5) is 1.68. The van der Waals surface area contributed by atoms with Crippen LogP contribution >= 0.6 is 38.5 Å². The Morgan fingerprint density at radius 1 is 1.21 bits per heavy atom. The summed E-state index contributed by atoms with van der Waals surface area (Å²) in [6, 6.07) is 10.1. The van der Waals surface area contributed by atoms with Gasteiger partial charge in [-0.15, -0.1) is 10.2 Å². The SMILES string of the molecule is Brc1nn(Cc2ccccc2)nc1I. The highest BCUT2D eigenvalue weighted by molar-refractivity contribution is 14.1. The van der Waals surface area contributed by atoms with Gasteiger partial charge in [-0.05, 0) is 44.1 Å². The van der Waals surface area contributed by atoms with Gasteiger partial charge in [-0.2, -0.15) is 4.80 Å². The molecule has 0 saturated heterocycles. The first-order chi connectivity index (χ1) is 6.75. The second kappa shape index (κ2) is 4.39. The molecule has 0 unspecified atom stereocenters. The summed E-state index contributed by atoms with van der Waals surface area (Å²) >= 11 is 5.47. The summed E-state index contributed by atoms with van der Waals surface area (Å²) in [5, 5.41) is 8.47. The predicted octanol–water partition coefficient (Wildman–Crippen LogP) is 2.69. The average molecular weight is 364 g/mol. The lowest BCUT2D eigenvalue weighted by Crippen LogP contribution is -2.03. The average Bonchev–Trinajstić information content (AvgIpc) is 2.47. The van der Waals surface area contributed by atoms with Crippen LogP contribution in [0.1, 0.15) is 5.56 Å². The molecule has 1 aromatic carbocycles. The third-order valence-electron chi connectivity index (χ3n) is 1.74. The highest BCUT2D eigenvalue weighted by atomic mass is 127. The van der Waals surface area contributed by atoms with Crippen molar-refractivity contribution in [1.29, 1.82) is 0 Å². The van der Waals surface area contributed by atoms with Crippen LogP contribution in [0.2, 0.25) is 0 Å². The lowest BCUT2D eigenvalue weighted by atomic mass is 10.2. The van der Waals surface area contributed by atoms with Gasteiger partial charge in [0.2, 0.25) is 0 Å².